The molecule has 0 aromatic heterocycles. The first-order chi connectivity index (χ1) is 8.29. The van der Waals surface area contributed by atoms with Gasteiger partial charge in [-0.15, -0.1) is 0 Å². The average molecular weight is 272 g/mol. The summed E-state index contributed by atoms with van der Waals surface area (Å²) in [6, 6.07) is 3.06. The number of hydrogen-bond acceptors (Lipinski definition) is 3. The molecule has 1 aromatic rings. The molecule has 1 N–H and O–H groups in total. The molecule has 19 heavy (non-hydrogen) atoms. The Bertz CT molecular complexity index is 453. The van der Waals surface area contributed by atoms with Gasteiger partial charge in [0.15, 0.2) is 0 Å². The number of benzene rings is 1. The van der Waals surface area contributed by atoms with Crippen LogP contribution < -0.4 is 34.7 Å². The number of aromatic carboxylic acids is 1. The summed E-state index contributed by atoms with van der Waals surface area (Å²) < 4.78 is 0. The Hall–Kier alpha value is -0.510. The number of phenols is 1. The number of hydrogen-bond donors (Lipinski definition) is 1. The first kappa shape index (κ1) is 18.5. The predicted molar refractivity (Wildman–Crippen MR) is 69.7 cm³/mol. The molecule has 0 aliphatic rings. The summed E-state index contributed by atoms with van der Waals surface area (Å²) in [5.41, 5.74) is 1.13. The van der Waals surface area contributed by atoms with E-state index in [1.54, 1.807) is 13.0 Å². The summed E-state index contributed by atoms with van der Waals surface area (Å²) in [6.45, 7) is 7.81. The van der Waals surface area contributed by atoms with Gasteiger partial charge in [0.1, 0.15) is 5.75 Å². The van der Waals surface area contributed by atoms with Crippen LogP contribution in [0.25, 0.3) is 0 Å². The van der Waals surface area contributed by atoms with E-state index in [1.807, 2.05) is 13.8 Å². The molecule has 0 saturated heterocycles. The van der Waals surface area contributed by atoms with E-state index in [1.165, 1.54) is 6.07 Å². The number of carbonyl (C=O) groups is 1. The molecule has 0 amide bonds. The summed E-state index contributed by atoms with van der Waals surface area (Å²) in [7, 11) is 0. The number of carboxylic acids is 1. The summed E-state index contributed by atoms with van der Waals surface area (Å²) in [5.74, 6) is -1.03. The van der Waals surface area contributed by atoms with Crippen molar-refractivity contribution in [3.05, 3.63) is 28.8 Å². The zero-order chi connectivity index (χ0) is 13.9. The number of aryl methyl sites for hydroxylation is 1. The maximum atomic E-state index is 11.0. The summed E-state index contributed by atoms with van der Waals surface area (Å²) in [4.78, 5) is 11.0. The van der Waals surface area contributed by atoms with Gasteiger partial charge >= 0.3 is 29.6 Å². The van der Waals surface area contributed by atoms with Crippen molar-refractivity contribution in [2.75, 3.05) is 0 Å². The minimum atomic E-state index is -1.19. The SMILES string of the molecule is CCCCC(C)(C)c1cc(C(=O)[O-])c(C)cc1O.[Na+]. The van der Waals surface area contributed by atoms with Crippen LogP contribution in [0.1, 0.15) is 61.5 Å². The molecule has 1 aromatic carbocycles. The maximum absolute atomic E-state index is 11.0. The molecule has 3 nitrogen and oxygen atoms in total. The summed E-state index contributed by atoms with van der Waals surface area (Å²) in [5, 5.41) is 21.1. The van der Waals surface area contributed by atoms with E-state index in [0.717, 1.165) is 19.3 Å². The van der Waals surface area contributed by atoms with Gasteiger partial charge in [-0.2, -0.15) is 0 Å². The van der Waals surface area contributed by atoms with Crippen molar-refractivity contribution in [1.82, 2.24) is 0 Å². The second-order valence-electron chi connectivity index (χ2n) is 5.46. The number of carbonyl (C=O) groups excluding carboxylic acids is 1. The van der Waals surface area contributed by atoms with Crippen molar-refractivity contribution in [3.8, 4) is 5.75 Å². The minimum absolute atomic E-state index is 0. The van der Waals surface area contributed by atoms with Gasteiger partial charge in [-0.05, 0) is 36.5 Å². The molecule has 100 valence electrons. The molecule has 0 bridgehead atoms. The number of phenolic OH excluding ortho intramolecular Hbond substituents is 1. The van der Waals surface area contributed by atoms with Crippen LogP contribution in [0, 0.1) is 6.92 Å². The third-order valence-corrected chi connectivity index (χ3v) is 3.45. The molecule has 4 heteroatoms. The average Bonchev–Trinajstić information content (AvgIpc) is 2.25. The van der Waals surface area contributed by atoms with E-state index in [-0.39, 0.29) is 46.3 Å². The third kappa shape index (κ3) is 4.51. The molecule has 0 saturated carbocycles. The van der Waals surface area contributed by atoms with Crippen molar-refractivity contribution in [2.45, 2.75) is 52.4 Å². The number of aromatic hydroxyl groups is 1. The number of carboxylic acid groups (broad SMARTS) is 1. The molecule has 0 spiro atoms. The van der Waals surface area contributed by atoms with E-state index in [4.69, 9.17) is 0 Å². The van der Waals surface area contributed by atoms with E-state index in [9.17, 15) is 15.0 Å². The second kappa shape index (κ2) is 7.32. The Balaban J connectivity index is 0.00000324. The quantitative estimate of drug-likeness (QED) is 0.738. The largest absolute Gasteiger partial charge is 1.00 e. The fraction of sp³-hybridized carbons (Fsp3) is 0.533. The zero-order valence-corrected chi connectivity index (χ0v) is 14.5. The Labute approximate surface area is 137 Å². The first-order valence-corrected chi connectivity index (χ1v) is 6.35. The topological polar surface area (TPSA) is 60.4 Å². The van der Waals surface area contributed by atoms with E-state index in [2.05, 4.69) is 6.92 Å². The first-order valence-electron chi connectivity index (χ1n) is 6.35. The minimum Gasteiger partial charge on any atom is -0.545 e. The zero-order valence-electron chi connectivity index (χ0n) is 12.5. The van der Waals surface area contributed by atoms with Gasteiger partial charge in [0.05, 0.1) is 5.97 Å². The Kier molecular flexibility index (Phi) is 7.12. The molecule has 0 unspecified atom stereocenters. The fourth-order valence-corrected chi connectivity index (χ4v) is 2.21. The molecule has 0 heterocycles. The van der Waals surface area contributed by atoms with E-state index < -0.39 is 5.97 Å². The monoisotopic (exact) mass is 272 g/mol. The Morgan fingerprint density at radius 2 is 1.95 bits per heavy atom. The van der Waals surface area contributed by atoms with Gasteiger partial charge in [-0.1, -0.05) is 33.6 Å². The standard InChI is InChI=1S/C15H22O3.Na/c1-5-6-7-15(3,4)12-9-11(14(17)18)10(2)8-13(12)16;/h8-9,16H,5-7H2,1-4H3,(H,17,18);/q;+1/p-1. The van der Waals surface area contributed by atoms with Gasteiger partial charge in [-0.3, -0.25) is 0 Å². The molecule has 0 fully saturated rings. The maximum Gasteiger partial charge on any atom is 1.00 e. The van der Waals surface area contributed by atoms with Gasteiger partial charge in [0.2, 0.25) is 0 Å². The van der Waals surface area contributed by atoms with Crippen molar-refractivity contribution in [2.24, 2.45) is 0 Å². The Morgan fingerprint density at radius 3 is 2.42 bits per heavy atom. The summed E-state index contributed by atoms with van der Waals surface area (Å²) >= 11 is 0. The van der Waals surface area contributed by atoms with Crippen LogP contribution in [0.2, 0.25) is 0 Å². The van der Waals surface area contributed by atoms with Gasteiger partial charge in [-0.25, -0.2) is 0 Å². The smallest absolute Gasteiger partial charge is 0.545 e. The van der Waals surface area contributed by atoms with Crippen LogP contribution in [0.15, 0.2) is 12.1 Å². The molecule has 0 aliphatic carbocycles. The number of rotatable bonds is 5. The van der Waals surface area contributed by atoms with Crippen LogP contribution in [0.4, 0.5) is 0 Å². The Morgan fingerprint density at radius 1 is 1.37 bits per heavy atom. The van der Waals surface area contributed by atoms with Crippen molar-refractivity contribution >= 4 is 5.97 Å². The second-order valence-corrected chi connectivity index (χ2v) is 5.46. The molecule has 0 aliphatic heterocycles. The predicted octanol–water partition coefficient (Wildman–Crippen LogP) is -0.464. The van der Waals surface area contributed by atoms with Crippen LogP contribution in [-0.4, -0.2) is 11.1 Å². The molecular formula is C15H21NaO3. The van der Waals surface area contributed by atoms with Crippen LogP contribution in [0.5, 0.6) is 5.75 Å². The molecule has 0 radical (unpaired) electrons. The normalized spacial score (nSPS) is 10.9. The summed E-state index contributed by atoms with van der Waals surface area (Å²) in [6.07, 6.45) is 3.02. The van der Waals surface area contributed by atoms with Crippen LogP contribution in [-0.2, 0) is 5.41 Å². The van der Waals surface area contributed by atoms with E-state index in [0.29, 0.717) is 11.1 Å². The van der Waals surface area contributed by atoms with E-state index >= 15 is 0 Å². The van der Waals surface area contributed by atoms with Gasteiger partial charge in [0, 0.05) is 11.1 Å². The fourth-order valence-electron chi connectivity index (χ4n) is 2.21. The number of unbranched alkanes of at least 4 members (excludes halogenated alkanes) is 1. The molecular weight excluding hydrogens is 251 g/mol. The van der Waals surface area contributed by atoms with Crippen molar-refractivity contribution in [3.63, 3.8) is 0 Å². The third-order valence-electron chi connectivity index (χ3n) is 3.45. The van der Waals surface area contributed by atoms with Crippen LogP contribution >= 0.6 is 0 Å². The van der Waals surface area contributed by atoms with Gasteiger partial charge in [0.25, 0.3) is 0 Å². The van der Waals surface area contributed by atoms with Crippen LogP contribution in [0.3, 0.4) is 0 Å². The van der Waals surface area contributed by atoms with Crippen molar-refractivity contribution in [1.29, 1.82) is 0 Å². The molecule has 1 rings (SSSR count). The van der Waals surface area contributed by atoms with Crippen molar-refractivity contribution < 1.29 is 44.6 Å². The van der Waals surface area contributed by atoms with Gasteiger partial charge < -0.3 is 15.0 Å². The molecule has 0 atom stereocenters.